The third kappa shape index (κ3) is 8.00. The Morgan fingerprint density at radius 3 is 2.43 bits per heavy atom. The monoisotopic (exact) mass is 292 g/mol. The molecule has 0 unspecified atom stereocenters. The second kappa shape index (κ2) is 10.6. The van der Waals surface area contributed by atoms with Crippen LogP contribution < -0.4 is 0 Å². The second-order valence-corrected chi connectivity index (χ2v) is 5.54. The van der Waals surface area contributed by atoms with Crippen LogP contribution in [0.5, 0.6) is 0 Å². The standard InChI is InChI=1S/C18H28O3/c1-2-3-5-11-16(19)12-8-13-17(20)14-18(21)15-9-6-4-7-10-15/h4,6-10,13,16-21H,2-3,5,11-12,14H2,1H3/b13-8+/t16-,17-,18-/m1/s1. The van der Waals surface area contributed by atoms with Crippen LogP contribution in [0.3, 0.4) is 0 Å². The Bertz CT molecular complexity index is 389. The Labute approximate surface area is 128 Å². The maximum atomic E-state index is 10.00. The zero-order valence-corrected chi connectivity index (χ0v) is 12.9. The molecule has 1 aromatic rings. The van der Waals surface area contributed by atoms with Gasteiger partial charge in [0, 0.05) is 6.42 Å². The quantitative estimate of drug-likeness (QED) is 0.458. The number of unbranched alkanes of at least 4 members (excludes halogenated alkanes) is 2. The minimum Gasteiger partial charge on any atom is -0.393 e. The summed E-state index contributed by atoms with van der Waals surface area (Å²) in [6, 6.07) is 9.32. The van der Waals surface area contributed by atoms with Crippen LogP contribution in [0.15, 0.2) is 42.5 Å². The van der Waals surface area contributed by atoms with E-state index < -0.39 is 12.2 Å². The van der Waals surface area contributed by atoms with E-state index >= 15 is 0 Å². The zero-order valence-electron chi connectivity index (χ0n) is 12.9. The highest BCUT2D eigenvalue weighted by atomic mass is 16.3. The van der Waals surface area contributed by atoms with E-state index in [0.717, 1.165) is 31.2 Å². The van der Waals surface area contributed by atoms with Crippen molar-refractivity contribution in [2.24, 2.45) is 0 Å². The molecule has 0 amide bonds. The third-order valence-corrected chi connectivity index (χ3v) is 3.56. The number of aliphatic hydroxyl groups excluding tert-OH is 3. The van der Waals surface area contributed by atoms with Crippen molar-refractivity contribution in [1.29, 1.82) is 0 Å². The third-order valence-electron chi connectivity index (χ3n) is 3.56. The van der Waals surface area contributed by atoms with Gasteiger partial charge in [-0.3, -0.25) is 0 Å². The predicted octanol–water partition coefficient (Wildman–Crippen LogP) is 3.36. The van der Waals surface area contributed by atoms with Crippen molar-refractivity contribution in [2.45, 2.75) is 63.8 Å². The maximum absolute atomic E-state index is 10.00. The lowest BCUT2D eigenvalue weighted by molar-refractivity contribution is 0.104. The number of benzene rings is 1. The molecule has 1 rings (SSSR count). The summed E-state index contributed by atoms with van der Waals surface area (Å²) in [6.45, 7) is 2.14. The van der Waals surface area contributed by atoms with E-state index in [4.69, 9.17) is 0 Å². The van der Waals surface area contributed by atoms with E-state index in [9.17, 15) is 15.3 Å². The molecule has 0 bridgehead atoms. The van der Waals surface area contributed by atoms with Crippen LogP contribution in [0.1, 0.15) is 57.1 Å². The minimum absolute atomic E-state index is 0.270. The smallest absolute Gasteiger partial charge is 0.0817 e. The average Bonchev–Trinajstić information content (AvgIpc) is 2.48. The lowest BCUT2D eigenvalue weighted by atomic mass is 10.0. The van der Waals surface area contributed by atoms with Crippen LogP contribution in [-0.2, 0) is 0 Å². The molecule has 0 aliphatic heterocycles. The van der Waals surface area contributed by atoms with Gasteiger partial charge < -0.3 is 15.3 Å². The summed E-state index contributed by atoms with van der Waals surface area (Å²) >= 11 is 0. The van der Waals surface area contributed by atoms with Gasteiger partial charge in [-0.05, 0) is 18.4 Å². The van der Waals surface area contributed by atoms with Gasteiger partial charge in [-0.25, -0.2) is 0 Å². The van der Waals surface area contributed by atoms with Gasteiger partial charge in [0.15, 0.2) is 0 Å². The average molecular weight is 292 g/mol. The molecular formula is C18H28O3. The van der Waals surface area contributed by atoms with E-state index in [1.165, 1.54) is 0 Å². The number of rotatable bonds is 10. The normalized spacial score (nSPS) is 16.0. The first kappa shape index (κ1) is 17.9. The van der Waals surface area contributed by atoms with Crippen molar-refractivity contribution in [3.05, 3.63) is 48.0 Å². The van der Waals surface area contributed by atoms with Crippen molar-refractivity contribution >= 4 is 0 Å². The fraction of sp³-hybridized carbons (Fsp3) is 0.556. The molecule has 3 nitrogen and oxygen atoms in total. The van der Waals surface area contributed by atoms with E-state index in [1.54, 1.807) is 12.2 Å². The van der Waals surface area contributed by atoms with Gasteiger partial charge in [0.1, 0.15) is 0 Å². The molecule has 0 aromatic heterocycles. The molecule has 0 saturated heterocycles. The lowest BCUT2D eigenvalue weighted by Crippen LogP contribution is -2.10. The Morgan fingerprint density at radius 2 is 1.76 bits per heavy atom. The molecular weight excluding hydrogens is 264 g/mol. The van der Waals surface area contributed by atoms with Crippen molar-refractivity contribution in [3.8, 4) is 0 Å². The van der Waals surface area contributed by atoms with Crippen molar-refractivity contribution in [1.82, 2.24) is 0 Å². The van der Waals surface area contributed by atoms with E-state index in [0.29, 0.717) is 6.42 Å². The lowest BCUT2D eigenvalue weighted by Gasteiger charge is -2.13. The fourth-order valence-electron chi connectivity index (χ4n) is 2.26. The molecule has 0 aliphatic carbocycles. The minimum atomic E-state index is -0.692. The molecule has 118 valence electrons. The van der Waals surface area contributed by atoms with Gasteiger partial charge in [0.05, 0.1) is 18.3 Å². The molecule has 0 fully saturated rings. The summed E-state index contributed by atoms with van der Waals surface area (Å²) < 4.78 is 0. The molecule has 3 atom stereocenters. The molecule has 3 heteroatoms. The molecule has 3 N–H and O–H groups in total. The van der Waals surface area contributed by atoms with E-state index in [-0.39, 0.29) is 12.5 Å². The molecule has 0 heterocycles. The van der Waals surface area contributed by atoms with Crippen LogP contribution in [0, 0.1) is 0 Å². The van der Waals surface area contributed by atoms with Gasteiger partial charge in [-0.15, -0.1) is 0 Å². The summed E-state index contributed by atoms with van der Waals surface area (Å²) in [4.78, 5) is 0. The summed E-state index contributed by atoms with van der Waals surface area (Å²) in [6.07, 6.45) is 6.75. The molecule has 0 aliphatic rings. The zero-order chi connectivity index (χ0) is 15.5. The van der Waals surface area contributed by atoms with Crippen molar-refractivity contribution in [2.75, 3.05) is 0 Å². The van der Waals surface area contributed by atoms with E-state index in [2.05, 4.69) is 6.92 Å². The SMILES string of the molecule is CCCCC[C@@H](O)C/C=C/[C@@H](O)C[C@@H](O)c1ccccc1. The first-order valence-electron chi connectivity index (χ1n) is 7.89. The largest absolute Gasteiger partial charge is 0.393 e. The highest BCUT2D eigenvalue weighted by Gasteiger charge is 2.11. The van der Waals surface area contributed by atoms with Gasteiger partial charge in [0.25, 0.3) is 0 Å². The van der Waals surface area contributed by atoms with Crippen LogP contribution in [0.4, 0.5) is 0 Å². The topological polar surface area (TPSA) is 60.7 Å². The highest BCUT2D eigenvalue weighted by molar-refractivity contribution is 5.17. The van der Waals surface area contributed by atoms with Gasteiger partial charge >= 0.3 is 0 Å². The summed E-state index contributed by atoms with van der Waals surface area (Å²) in [7, 11) is 0. The first-order chi connectivity index (χ1) is 10.1. The number of hydrogen-bond donors (Lipinski definition) is 3. The van der Waals surface area contributed by atoms with Crippen LogP contribution in [-0.4, -0.2) is 27.5 Å². The molecule has 0 radical (unpaired) electrons. The van der Waals surface area contributed by atoms with Crippen molar-refractivity contribution < 1.29 is 15.3 Å². The second-order valence-electron chi connectivity index (χ2n) is 5.54. The predicted molar refractivity (Wildman–Crippen MR) is 85.9 cm³/mol. The Hall–Kier alpha value is -1.16. The van der Waals surface area contributed by atoms with Gasteiger partial charge in [-0.2, -0.15) is 0 Å². The first-order valence-corrected chi connectivity index (χ1v) is 7.89. The molecule has 21 heavy (non-hydrogen) atoms. The fourth-order valence-corrected chi connectivity index (χ4v) is 2.26. The van der Waals surface area contributed by atoms with Crippen LogP contribution >= 0.6 is 0 Å². The Kier molecular flexibility index (Phi) is 8.99. The van der Waals surface area contributed by atoms with Crippen molar-refractivity contribution in [3.63, 3.8) is 0 Å². The number of hydrogen-bond acceptors (Lipinski definition) is 3. The van der Waals surface area contributed by atoms with Gasteiger partial charge in [0.2, 0.25) is 0 Å². The van der Waals surface area contributed by atoms with Crippen LogP contribution in [0.2, 0.25) is 0 Å². The summed E-state index contributed by atoms with van der Waals surface area (Å²) in [5, 5.41) is 29.6. The summed E-state index contributed by atoms with van der Waals surface area (Å²) in [5.41, 5.74) is 0.810. The highest BCUT2D eigenvalue weighted by Crippen LogP contribution is 2.18. The molecule has 0 saturated carbocycles. The summed E-state index contributed by atoms with van der Waals surface area (Å²) in [5.74, 6) is 0. The molecule has 0 spiro atoms. The maximum Gasteiger partial charge on any atom is 0.0817 e. The van der Waals surface area contributed by atoms with Gasteiger partial charge in [-0.1, -0.05) is 68.7 Å². The Balaban J connectivity index is 2.26. The van der Waals surface area contributed by atoms with E-state index in [1.807, 2.05) is 30.3 Å². The number of aliphatic hydroxyl groups is 3. The Morgan fingerprint density at radius 1 is 1.05 bits per heavy atom. The van der Waals surface area contributed by atoms with Crippen LogP contribution in [0.25, 0.3) is 0 Å². The molecule has 1 aromatic carbocycles.